The molecule has 3 amide bonds. The van der Waals surface area contributed by atoms with Crippen molar-refractivity contribution < 1.29 is 28.0 Å². The number of hydrogen-bond acceptors (Lipinski definition) is 5. The van der Waals surface area contributed by atoms with Crippen LogP contribution in [-0.4, -0.2) is 54.0 Å². The van der Waals surface area contributed by atoms with Gasteiger partial charge in [-0.3, -0.25) is 19.8 Å². The van der Waals surface area contributed by atoms with Crippen LogP contribution in [0.15, 0.2) is 24.3 Å². The summed E-state index contributed by atoms with van der Waals surface area (Å²) in [6, 6.07) is 4.22. The second-order valence-electron chi connectivity index (χ2n) is 5.09. The maximum absolute atomic E-state index is 12.2. The molecule has 1 unspecified atom stereocenters. The Morgan fingerprint density at radius 2 is 1.96 bits per heavy atom. The number of nitrogens with zero attached hydrogens (tertiary/aromatic N) is 2. The summed E-state index contributed by atoms with van der Waals surface area (Å²) in [4.78, 5) is 34.9. The molecule has 0 saturated carbocycles. The van der Waals surface area contributed by atoms with Gasteiger partial charge in [-0.05, 0) is 5.56 Å². The lowest BCUT2D eigenvalue weighted by molar-refractivity contribution is -0.384. The van der Waals surface area contributed by atoms with E-state index in [2.05, 4.69) is 10.1 Å². The van der Waals surface area contributed by atoms with Crippen molar-refractivity contribution in [3.63, 3.8) is 0 Å². The Morgan fingerprint density at radius 3 is 2.54 bits per heavy atom. The molecule has 8 nitrogen and oxygen atoms in total. The van der Waals surface area contributed by atoms with Crippen molar-refractivity contribution in [2.75, 3.05) is 19.8 Å². The van der Waals surface area contributed by atoms with Crippen molar-refractivity contribution in [3.8, 4) is 0 Å². The van der Waals surface area contributed by atoms with E-state index in [4.69, 9.17) is 0 Å². The van der Waals surface area contributed by atoms with Gasteiger partial charge in [0.2, 0.25) is 0 Å². The molecule has 0 spiro atoms. The molecule has 24 heavy (non-hydrogen) atoms. The maximum atomic E-state index is 12.2. The second kappa shape index (κ2) is 7.77. The summed E-state index contributed by atoms with van der Waals surface area (Å²) in [5.41, 5.74) is 0.577. The standard InChI is InChI=1S/C14H15F2N3O5/c15-12(16)8-24-6-5-18-13(20)11(17-14(18)21)7-9-1-3-10(4-2-9)19(22)23/h1-4,11-12H,5-8H2,(H,17,21). The van der Waals surface area contributed by atoms with Crippen LogP contribution in [-0.2, 0) is 16.0 Å². The molecular formula is C14H15F2N3O5. The minimum atomic E-state index is -2.61. The topological polar surface area (TPSA) is 102 Å². The lowest BCUT2D eigenvalue weighted by Crippen LogP contribution is -2.35. The summed E-state index contributed by atoms with van der Waals surface area (Å²) in [6.07, 6.45) is -2.43. The number of imide groups is 1. The van der Waals surface area contributed by atoms with E-state index in [0.29, 0.717) is 5.56 Å². The van der Waals surface area contributed by atoms with Crippen LogP contribution < -0.4 is 5.32 Å². The Bertz CT molecular complexity index is 623. The molecule has 1 atom stereocenters. The van der Waals surface area contributed by atoms with Gasteiger partial charge in [-0.15, -0.1) is 0 Å². The molecule has 1 fully saturated rings. The Labute approximate surface area is 135 Å². The van der Waals surface area contributed by atoms with Crippen LogP contribution >= 0.6 is 0 Å². The second-order valence-corrected chi connectivity index (χ2v) is 5.09. The summed E-state index contributed by atoms with van der Waals surface area (Å²) >= 11 is 0. The molecule has 1 aromatic rings. The molecule has 1 aliphatic heterocycles. The van der Waals surface area contributed by atoms with Crippen molar-refractivity contribution in [3.05, 3.63) is 39.9 Å². The van der Waals surface area contributed by atoms with Gasteiger partial charge in [-0.1, -0.05) is 12.1 Å². The fourth-order valence-corrected chi connectivity index (χ4v) is 2.24. The molecule has 130 valence electrons. The first-order chi connectivity index (χ1) is 11.4. The molecule has 10 heteroatoms. The van der Waals surface area contributed by atoms with Gasteiger partial charge in [0.1, 0.15) is 12.6 Å². The molecule has 0 aromatic heterocycles. The van der Waals surface area contributed by atoms with E-state index in [1.54, 1.807) is 0 Å². The number of carbonyl (C=O) groups excluding carboxylic acids is 2. The Morgan fingerprint density at radius 1 is 1.29 bits per heavy atom. The van der Waals surface area contributed by atoms with Gasteiger partial charge < -0.3 is 10.1 Å². The number of halogens is 2. The van der Waals surface area contributed by atoms with Gasteiger partial charge in [0.15, 0.2) is 0 Å². The SMILES string of the molecule is O=C1NC(Cc2ccc([N+](=O)[O-])cc2)C(=O)N1CCOCC(F)F. The van der Waals surface area contributed by atoms with Crippen LogP contribution in [0, 0.1) is 10.1 Å². The molecule has 2 rings (SSSR count). The Hall–Kier alpha value is -2.62. The molecule has 1 N–H and O–H groups in total. The summed E-state index contributed by atoms with van der Waals surface area (Å²) in [7, 11) is 0. The summed E-state index contributed by atoms with van der Waals surface area (Å²) in [5, 5.41) is 13.1. The highest BCUT2D eigenvalue weighted by molar-refractivity contribution is 6.04. The Balaban J connectivity index is 1.89. The highest BCUT2D eigenvalue weighted by Crippen LogP contribution is 2.16. The first-order valence-corrected chi connectivity index (χ1v) is 7.09. The zero-order valence-electron chi connectivity index (χ0n) is 12.5. The third-order valence-electron chi connectivity index (χ3n) is 3.40. The summed E-state index contributed by atoms with van der Waals surface area (Å²) < 4.78 is 28.5. The van der Waals surface area contributed by atoms with Crippen LogP contribution in [0.1, 0.15) is 5.56 Å². The van der Waals surface area contributed by atoms with E-state index in [0.717, 1.165) is 4.90 Å². The van der Waals surface area contributed by atoms with Gasteiger partial charge >= 0.3 is 6.03 Å². The molecule has 0 aliphatic carbocycles. The zero-order valence-corrected chi connectivity index (χ0v) is 12.5. The van der Waals surface area contributed by atoms with E-state index in [9.17, 15) is 28.5 Å². The number of hydrogen-bond donors (Lipinski definition) is 1. The minimum absolute atomic E-state index is 0.0710. The monoisotopic (exact) mass is 343 g/mol. The molecule has 1 aromatic carbocycles. The van der Waals surface area contributed by atoms with E-state index in [1.807, 2.05) is 0 Å². The van der Waals surface area contributed by atoms with Crippen molar-refractivity contribution in [2.24, 2.45) is 0 Å². The summed E-state index contributed by atoms with van der Waals surface area (Å²) in [5.74, 6) is -0.487. The highest BCUT2D eigenvalue weighted by atomic mass is 19.3. The molecular weight excluding hydrogens is 328 g/mol. The maximum Gasteiger partial charge on any atom is 0.324 e. The number of benzene rings is 1. The quantitative estimate of drug-likeness (QED) is 0.332. The number of non-ortho nitro benzene ring substituents is 1. The van der Waals surface area contributed by atoms with Gasteiger partial charge in [-0.25, -0.2) is 13.6 Å². The van der Waals surface area contributed by atoms with Crippen LogP contribution in [0.3, 0.4) is 0 Å². The van der Waals surface area contributed by atoms with Crippen molar-refractivity contribution in [1.29, 1.82) is 0 Å². The molecule has 0 radical (unpaired) electrons. The lowest BCUT2D eigenvalue weighted by atomic mass is 10.1. The van der Waals surface area contributed by atoms with E-state index >= 15 is 0 Å². The van der Waals surface area contributed by atoms with Crippen molar-refractivity contribution in [2.45, 2.75) is 18.9 Å². The third-order valence-corrected chi connectivity index (χ3v) is 3.40. The number of nitrogens with one attached hydrogen (secondary N) is 1. The largest absolute Gasteiger partial charge is 0.374 e. The van der Waals surface area contributed by atoms with Gasteiger partial charge in [0.25, 0.3) is 18.0 Å². The molecule has 1 aliphatic rings. The zero-order chi connectivity index (χ0) is 17.7. The highest BCUT2D eigenvalue weighted by Gasteiger charge is 2.37. The first-order valence-electron chi connectivity index (χ1n) is 7.09. The summed E-state index contributed by atoms with van der Waals surface area (Å²) in [6.45, 7) is -1.04. The van der Waals surface area contributed by atoms with Gasteiger partial charge in [-0.2, -0.15) is 0 Å². The number of amides is 3. The number of nitro benzene ring substituents is 1. The van der Waals surface area contributed by atoms with Crippen LogP contribution in [0.4, 0.5) is 19.3 Å². The fraction of sp³-hybridized carbons (Fsp3) is 0.429. The molecule has 1 saturated heterocycles. The number of nitro groups is 1. The number of alkyl halides is 2. The average molecular weight is 343 g/mol. The minimum Gasteiger partial charge on any atom is -0.374 e. The smallest absolute Gasteiger partial charge is 0.324 e. The number of carbonyl (C=O) groups is 2. The number of ether oxygens (including phenoxy) is 1. The average Bonchev–Trinajstić information content (AvgIpc) is 2.78. The third kappa shape index (κ3) is 4.44. The predicted molar refractivity (Wildman–Crippen MR) is 77.7 cm³/mol. The first kappa shape index (κ1) is 17.7. The molecule has 0 bridgehead atoms. The van der Waals surface area contributed by atoms with E-state index < -0.39 is 35.9 Å². The predicted octanol–water partition coefficient (Wildman–Crippen LogP) is 1.34. The molecule has 1 heterocycles. The van der Waals surface area contributed by atoms with Gasteiger partial charge in [0.05, 0.1) is 18.1 Å². The van der Waals surface area contributed by atoms with Crippen molar-refractivity contribution in [1.82, 2.24) is 10.2 Å². The normalized spacial score (nSPS) is 17.5. The Kier molecular flexibility index (Phi) is 5.74. The van der Waals surface area contributed by atoms with Gasteiger partial charge in [0, 0.05) is 18.6 Å². The number of rotatable bonds is 8. The van der Waals surface area contributed by atoms with E-state index in [-0.39, 0.29) is 25.3 Å². The number of urea groups is 1. The van der Waals surface area contributed by atoms with Crippen LogP contribution in [0.2, 0.25) is 0 Å². The lowest BCUT2D eigenvalue weighted by Gasteiger charge is -2.13. The van der Waals surface area contributed by atoms with Crippen molar-refractivity contribution >= 4 is 17.6 Å². The fourth-order valence-electron chi connectivity index (χ4n) is 2.24. The van der Waals surface area contributed by atoms with E-state index in [1.165, 1.54) is 24.3 Å². The van der Waals surface area contributed by atoms with Crippen LogP contribution in [0.5, 0.6) is 0 Å². The van der Waals surface area contributed by atoms with Crippen LogP contribution in [0.25, 0.3) is 0 Å².